The number of amides is 1. The fraction of sp³-hybridized carbons (Fsp3) is 0.480. The highest BCUT2D eigenvalue weighted by Gasteiger charge is 2.43. The molecule has 1 aliphatic carbocycles. The molecule has 0 bridgehead atoms. The molecule has 32 heavy (non-hydrogen) atoms. The highest BCUT2D eigenvalue weighted by atomic mass is 35.5. The number of carbonyl (C=O) groups excluding carboxylic acids is 1. The van der Waals surface area contributed by atoms with Gasteiger partial charge in [0.05, 0.1) is 5.56 Å². The van der Waals surface area contributed by atoms with Crippen LogP contribution >= 0.6 is 11.6 Å². The average Bonchev–Trinajstić information content (AvgIpc) is 3.09. The van der Waals surface area contributed by atoms with Crippen molar-refractivity contribution in [1.29, 1.82) is 0 Å². The number of benzene rings is 2. The molecule has 2 aromatic carbocycles. The van der Waals surface area contributed by atoms with Crippen molar-refractivity contribution in [2.24, 2.45) is 0 Å². The Labute approximate surface area is 192 Å². The Bertz CT molecular complexity index is 1050. The first-order valence-corrected chi connectivity index (χ1v) is 11.6. The number of likely N-dealkylation sites (tertiary alicyclic amines) is 1. The fourth-order valence-corrected chi connectivity index (χ4v) is 5.02. The first-order chi connectivity index (χ1) is 15.3. The second kappa shape index (κ2) is 7.84. The lowest BCUT2D eigenvalue weighted by Crippen LogP contribution is -2.45. The SMILES string of the molecule is CC1(OC(=O)N2CCC(c3cccc4c3OC(C)(c3ccc(Cl)cc3F)O4)CC2)CCC1. The molecular weight excluding hydrogens is 433 g/mol. The lowest BCUT2D eigenvalue weighted by Gasteiger charge is -2.40. The second-order valence-electron chi connectivity index (χ2n) is 9.38. The first kappa shape index (κ1) is 21.4. The van der Waals surface area contributed by atoms with Gasteiger partial charge in [0.25, 0.3) is 5.79 Å². The summed E-state index contributed by atoms with van der Waals surface area (Å²) in [5.41, 5.74) is 1.03. The minimum absolute atomic E-state index is 0.214. The summed E-state index contributed by atoms with van der Waals surface area (Å²) in [6.45, 7) is 4.98. The molecule has 5 nitrogen and oxygen atoms in total. The molecule has 0 radical (unpaired) electrons. The molecule has 1 amide bonds. The van der Waals surface area contributed by atoms with Crippen LogP contribution in [0.25, 0.3) is 0 Å². The van der Waals surface area contributed by atoms with Gasteiger partial charge in [0.15, 0.2) is 11.5 Å². The van der Waals surface area contributed by atoms with Crippen LogP contribution in [0.4, 0.5) is 9.18 Å². The average molecular weight is 460 g/mol. The third kappa shape index (κ3) is 3.79. The molecule has 0 spiro atoms. The number of rotatable bonds is 3. The monoisotopic (exact) mass is 459 g/mol. The Morgan fingerprint density at radius 1 is 1.16 bits per heavy atom. The predicted octanol–water partition coefficient (Wildman–Crippen LogP) is 6.38. The maximum Gasteiger partial charge on any atom is 0.410 e. The van der Waals surface area contributed by atoms with Crippen molar-refractivity contribution in [3.8, 4) is 11.5 Å². The summed E-state index contributed by atoms with van der Waals surface area (Å²) in [4.78, 5) is 14.3. The molecule has 7 heteroatoms. The molecule has 2 heterocycles. The van der Waals surface area contributed by atoms with Gasteiger partial charge < -0.3 is 19.1 Å². The van der Waals surface area contributed by atoms with E-state index in [0.717, 1.165) is 37.7 Å². The molecule has 2 fully saturated rings. The number of fused-ring (bicyclic) bond motifs is 1. The topological polar surface area (TPSA) is 48.0 Å². The quantitative estimate of drug-likeness (QED) is 0.534. The van der Waals surface area contributed by atoms with E-state index in [1.165, 1.54) is 6.07 Å². The number of hydrogen-bond donors (Lipinski definition) is 0. The van der Waals surface area contributed by atoms with E-state index in [2.05, 4.69) is 0 Å². The van der Waals surface area contributed by atoms with Crippen molar-refractivity contribution in [3.05, 3.63) is 58.4 Å². The first-order valence-electron chi connectivity index (χ1n) is 11.2. The van der Waals surface area contributed by atoms with Gasteiger partial charge in [0.1, 0.15) is 11.4 Å². The minimum atomic E-state index is -1.27. The number of carbonyl (C=O) groups is 1. The van der Waals surface area contributed by atoms with Crippen LogP contribution in [0.3, 0.4) is 0 Å². The molecule has 0 N–H and O–H groups in total. The molecule has 5 rings (SSSR count). The van der Waals surface area contributed by atoms with Crippen LogP contribution in [-0.2, 0) is 10.5 Å². The fourth-order valence-electron chi connectivity index (χ4n) is 4.86. The molecule has 170 valence electrons. The summed E-state index contributed by atoms with van der Waals surface area (Å²) >= 11 is 5.91. The molecule has 1 unspecified atom stereocenters. The van der Waals surface area contributed by atoms with Crippen LogP contribution in [0.2, 0.25) is 5.02 Å². The smallest absolute Gasteiger partial charge is 0.410 e. The predicted molar refractivity (Wildman–Crippen MR) is 119 cm³/mol. The standard InChI is InChI=1S/C25H27ClFNO4/c1-24(11-4-12-24)32-23(29)28-13-9-16(10-14-28)18-5-3-6-21-22(18)31-25(2,30-21)19-8-7-17(26)15-20(19)27/h3,5-8,15-16H,4,9-14H2,1-2H3. The van der Waals surface area contributed by atoms with Gasteiger partial charge in [-0.25, -0.2) is 9.18 Å². The van der Waals surface area contributed by atoms with Gasteiger partial charge in [-0.1, -0.05) is 23.7 Å². The zero-order chi connectivity index (χ0) is 22.5. The summed E-state index contributed by atoms with van der Waals surface area (Å²) in [7, 11) is 0. The van der Waals surface area contributed by atoms with E-state index in [9.17, 15) is 9.18 Å². The van der Waals surface area contributed by atoms with Crippen molar-refractivity contribution < 1.29 is 23.4 Å². The zero-order valence-corrected chi connectivity index (χ0v) is 19.1. The molecule has 2 aliphatic heterocycles. The Hall–Kier alpha value is -2.47. The Morgan fingerprint density at radius 2 is 1.91 bits per heavy atom. The number of hydrogen-bond acceptors (Lipinski definition) is 4. The molecular formula is C25H27ClFNO4. The number of halogens is 2. The number of nitrogens with zero attached hydrogens (tertiary/aromatic N) is 1. The molecule has 3 aliphatic rings. The second-order valence-corrected chi connectivity index (χ2v) is 9.82. The molecule has 1 saturated heterocycles. The van der Waals surface area contributed by atoms with Crippen LogP contribution in [0, 0.1) is 5.82 Å². The van der Waals surface area contributed by atoms with Gasteiger partial charge in [0, 0.05) is 30.6 Å². The van der Waals surface area contributed by atoms with Crippen molar-refractivity contribution >= 4 is 17.7 Å². The summed E-state index contributed by atoms with van der Waals surface area (Å²) in [6, 6.07) is 10.3. The third-order valence-electron chi connectivity index (χ3n) is 6.97. The highest BCUT2D eigenvalue weighted by Crippen LogP contribution is 2.50. The van der Waals surface area contributed by atoms with Gasteiger partial charge in [-0.15, -0.1) is 0 Å². The van der Waals surface area contributed by atoms with Crippen molar-refractivity contribution in [2.75, 3.05) is 13.1 Å². The number of ether oxygens (including phenoxy) is 3. The number of piperidine rings is 1. The van der Waals surface area contributed by atoms with Crippen LogP contribution < -0.4 is 9.47 Å². The lowest BCUT2D eigenvalue weighted by atomic mass is 9.82. The van der Waals surface area contributed by atoms with Crippen molar-refractivity contribution in [2.45, 2.75) is 63.3 Å². The van der Waals surface area contributed by atoms with Crippen LogP contribution in [0.1, 0.15) is 63.0 Å². The Morgan fingerprint density at radius 3 is 2.56 bits per heavy atom. The number of para-hydroxylation sites is 1. The van der Waals surface area contributed by atoms with E-state index in [1.807, 2.05) is 25.1 Å². The van der Waals surface area contributed by atoms with E-state index >= 15 is 0 Å². The van der Waals surface area contributed by atoms with Crippen LogP contribution in [0.5, 0.6) is 11.5 Å². The Kier molecular flexibility index (Phi) is 5.24. The Balaban J connectivity index is 1.30. The lowest BCUT2D eigenvalue weighted by molar-refractivity contribution is -0.0711. The maximum absolute atomic E-state index is 14.6. The van der Waals surface area contributed by atoms with Gasteiger partial charge in [0.2, 0.25) is 0 Å². The summed E-state index contributed by atoms with van der Waals surface area (Å²) in [5, 5.41) is 0.322. The maximum atomic E-state index is 14.6. The zero-order valence-electron chi connectivity index (χ0n) is 18.3. The van der Waals surface area contributed by atoms with E-state index < -0.39 is 11.6 Å². The van der Waals surface area contributed by atoms with Crippen molar-refractivity contribution in [1.82, 2.24) is 4.90 Å². The van der Waals surface area contributed by atoms with E-state index in [0.29, 0.717) is 35.2 Å². The van der Waals surface area contributed by atoms with Gasteiger partial charge in [-0.2, -0.15) is 0 Å². The minimum Gasteiger partial charge on any atom is -0.444 e. The molecule has 2 aromatic rings. The van der Waals surface area contributed by atoms with Crippen LogP contribution in [0.15, 0.2) is 36.4 Å². The molecule has 1 atom stereocenters. The van der Waals surface area contributed by atoms with E-state index in [4.69, 9.17) is 25.8 Å². The normalized spacial score (nSPS) is 24.2. The van der Waals surface area contributed by atoms with Gasteiger partial charge in [-0.3, -0.25) is 0 Å². The molecule has 1 saturated carbocycles. The molecule has 0 aromatic heterocycles. The van der Waals surface area contributed by atoms with Crippen LogP contribution in [-0.4, -0.2) is 29.7 Å². The van der Waals surface area contributed by atoms with Gasteiger partial charge in [-0.05, 0) is 69.2 Å². The van der Waals surface area contributed by atoms with Crippen molar-refractivity contribution in [3.63, 3.8) is 0 Å². The van der Waals surface area contributed by atoms with Gasteiger partial charge >= 0.3 is 6.09 Å². The highest BCUT2D eigenvalue weighted by molar-refractivity contribution is 6.30. The van der Waals surface area contributed by atoms with E-state index in [1.54, 1.807) is 24.0 Å². The third-order valence-corrected chi connectivity index (χ3v) is 7.20. The largest absolute Gasteiger partial charge is 0.444 e. The summed E-state index contributed by atoms with van der Waals surface area (Å²) in [5.74, 6) is -0.280. The summed E-state index contributed by atoms with van der Waals surface area (Å²) < 4.78 is 32.6. The summed E-state index contributed by atoms with van der Waals surface area (Å²) in [6.07, 6.45) is 4.39. The van der Waals surface area contributed by atoms with E-state index in [-0.39, 0.29) is 17.6 Å².